The second kappa shape index (κ2) is 7.18. The molecule has 0 radical (unpaired) electrons. The van der Waals surface area contributed by atoms with Crippen molar-refractivity contribution < 1.29 is 9.18 Å². The summed E-state index contributed by atoms with van der Waals surface area (Å²) in [6.07, 6.45) is 0.866. The highest BCUT2D eigenvalue weighted by Gasteiger charge is 2.25. The predicted octanol–water partition coefficient (Wildman–Crippen LogP) is 3.43. The van der Waals surface area contributed by atoms with Crippen LogP contribution in [0.3, 0.4) is 0 Å². The lowest BCUT2D eigenvalue weighted by atomic mass is 9.92. The molecule has 5 heteroatoms. The number of carbonyl (C=O) groups is 1. The van der Waals surface area contributed by atoms with Gasteiger partial charge in [-0.3, -0.25) is 4.79 Å². The minimum absolute atomic E-state index is 0.0970. The number of benzene rings is 1. The first-order valence-corrected chi connectivity index (χ1v) is 7.54. The van der Waals surface area contributed by atoms with Crippen LogP contribution in [0.25, 0.3) is 0 Å². The third-order valence-electron chi connectivity index (χ3n) is 3.11. The van der Waals surface area contributed by atoms with Crippen molar-refractivity contribution in [3.8, 4) is 0 Å². The zero-order chi connectivity index (χ0) is 15.3. The van der Waals surface area contributed by atoms with Crippen molar-refractivity contribution in [2.45, 2.75) is 27.2 Å². The summed E-state index contributed by atoms with van der Waals surface area (Å²) in [5.41, 5.74) is 6.08. The smallest absolute Gasteiger partial charge is 0.255 e. The molecular formula is C15H22BrFN2O. The maximum absolute atomic E-state index is 13.1. The van der Waals surface area contributed by atoms with Gasteiger partial charge in [0, 0.05) is 17.6 Å². The van der Waals surface area contributed by atoms with Crippen LogP contribution in [-0.4, -0.2) is 30.4 Å². The standard InChI is InChI=1S/C15H22BrFN2O/c1-4-7-19(10-15(2,3)9-18)14(20)12-6-5-11(17)8-13(12)16/h5-6,8H,4,7,9-10,18H2,1-3H3. The molecule has 0 aliphatic rings. The summed E-state index contributed by atoms with van der Waals surface area (Å²) in [6.45, 7) is 7.83. The second-order valence-electron chi connectivity index (χ2n) is 5.72. The van der Waals surface area contributed by atoms with Crippen molar-refractivity contribution >= 4 is 21.8 Å². The fourth-order valence-electron chi connectivity index (χ4n) is 1.94. The number of rotatable bonds is 6. The van der Waals surface area contributed by atoms with E-state index in [1.54, 1.807) is 4.90 Å². The molecular weight excluding hydrogens is 323 g/mol. The van der Waals surface area contributed by atoms with Gasteiger partial charge in [0.05, 0.1) is 5.56 Å². The van der Waals surface area contributed by atoms with Crippen molar-refractivity contribution in [3.05, 3.63) is 34.1 Å². The predicted molar refractivity (Wildman–Crippen MR) is 83.1 cm³/mol. The normalized spacial score (nSPS) is 11.5. The monoisotopic (exact) mass is 344 g/mol. The molecule has 0 saturated heterocycles. The Hall–Kier alpha value is -0.940. The van der Waals surface area contributed by atoms with Gasteiger partial charge in [-0.25, -0.2) is 4.39 Å². The zero-order valence-corrected chi connectivity index (χ0v) is 13.8. The van der Waals surface area contributed by atoms with Crippen molar-refractivity contribution in [1.82, 2.24) is 4.90 Å². The lowest BCUT2D eigenvalue weighted by Gasteiger charge is -2.32. The number of nitrogens with two attached hydrogens (primary N) is 1. The molecule has 2 N–H and O–H groups in total. The van der Waals surface area contributed by atoms with E-state index in [0.717, 1.165) is 6.42 Å². The molecule has 1 aromatic rings. The Morgan fingerprint density at radius 2 is 2.10 bits per heavy atom. The highest BCUT2D eigenvalue weighted by atomic mass is 79.9. The van der Waals surface area contributed by atoms with Gasteiger partial charge in [-0.1, -0.05) is 20.8 Å². The largest absolute Gasteiger partial charge is 0.338 e. The first-order valence-electron chi connectivity index (χ1n) is 6.75. The molecule has 112 valence electrons. The fraction of sp³-hybridized carbons (Fsp3) is 0.533. The SMILES string of the molecule is CCCN(CC(C)(C)CN)C(=O)c1ccc(F)cc1Br. The van der Waals surface area contributed by atoms with Gasteiger partial charge in [-0.05, 0) is 52.5 Å². The third kappa shape index (κ3) is 4.56. The van der Waals surface area contributed by atoms with Gasteiger partial charge in [0.2, 0.25) is 0 Å². The van der Waals surface area contributed by atoms with E-state index in [4.69, 9.17) is 5.73 Å². The highest BCUT2D eigenvalue weighted by Crippen LogP contribution is 2.22. The molecule has 0 saturated carbocycles. The first kappa shape index (κ1) is 17.1. The van der Waals surface area contributed by atoms with E-state index in [-0.39, 0.29) is 17.1 Å². The molecule has 0 bridgehead atoms. The van der Waals surface area contributed by atoms with Crippen LogP contribution in [0.15, 0.2) is 22.7 Å². The van der Waals surface area contributed by atoms with Gasteiger partial charge in [-0.15, -0.1) is 0 Å². The summed E-state index contributed by atoms with van der Waals surface area (Å²) in [7, 11) is 0. The minimum Gasteiger partial charge on any atom is -0.338 e. The number of nitrogens with zero attached hydrogens (tertiary/aromatic N) is 1. The van der Waals surface area contributed by atoms with Crippen molar-refractivity contribution in [1.29, 1.82) is 0 Å². The van der Waals surface area contributed by atoms with Crippen LogP contribution in [0.4, 0.5) is 4.39 Å². The van der Waals surface area contributed by atoms with Gasteiger partial charge in [-0.2, -0.15) is 0 Å². The second-order valence-corrected chi connectivity index (χ2v) is 6.57. The van der Waals surface area contributed by atoms with E-state index < -0.39 is 0 Å². The third-order valence-corrected chi connectivity index (χ3v) is 3.77. The van der Waals surface area contributed by atoms with E-state index in [1.165, 1.54) is 18.2 Å². The lowest BCUT2D eigenvalue weighted by molar-refractivity contribution is 0.0688. The van der Waals surface area contributed by atoms with Gasteiger partial charge < -0.3 is 10.6 Å². The van der Waals surface area contributed by atoms with E-state index in [9.17, 15) is 9.18 Å². The first-order chi connectivity index (χ1) is 9.30. The molecule has 0 spiro atoms. The molecule has 0 heterocycles. The van der Waals surface area contributed by atoms with Crippen molar-refractivity contribution in [3.63, 3.8) is 0 Å². The van der Waals surface area contributed by atoms with Crippen LogP contribution in [0.1, 0.15) is 37.6 Å². The molecule has 0 aliphatic carbocycles. The summed E-state index contributed by atoms with van der Waals surface area (Å²) in [6, 6.07) is 4.13. The molecule has 1 aromatic carbocycles. The number of hydrogen-bond donors (Lipinski definition) is 1. The molecule has 0 fully saturated rings. The molecule has 20 heavy (non-hydrogen) atoms. The maximum Gasteiger partial charge on any atom is 0.255 e. The molecule has 1 rings (SSSR count). The van der Waals surface area contributed by atoms with Crippen LogP contribution < -0.4 is 5.73 Å². The summed E-state index contributed by atoms with van der Waals surface area (Å²) >= 11 is 3.25. The van der Waals surface area contributed by atoms with Crippen LogP contribution in [0.2, 0.25) is 0 Å². The summed E-state index contributed by atoms with van der Waals surface area (Å²) < 4.78 is 13.6. The quantitative estimate of drug-likeness (QED) is 0.859. The highest BCUT2D eigenvalue weighted by molar-refractivity contribution is 9.10. The van der Waals surface area contributed by atoms with Crippen LogP contribution in [-0.2, 0) is 0 Å². The van der Waals surface area contributed by atoms with E-state index in [2.05, 4.69) is 15.9 Å². The molecule has 0 aliphatic heterocycles. The average molecular weight is 345 g/mol. The average Bonchev–Trinajstić information content (AvgIpc) is 2.37. The Kier molecular flexibility index (Phi) is 6.14. The van der Waals surface area contributed by atoms with Crippen molar-refractivity contribution in [2.75, 3.05) is 19.6 Å². The maximum atomic E-state index is 13.1. The Balaban J connectivity index is 2.99. The molecule has 0 atom stereocenters. The van der Waals surface area contributed by atoms with Crippen LogP contribution in [0, 0.1) is 11.2 Å². The van der Waals surface area contributed by atoms with Gasteiger partial charge in [0.15, 0.2) is 0 Å². The van der Waals surface area contributed by atoms with E-state index >= 15 is 0 Å². The topological polar surface area (TPSA) is 46.3 Å². The van der Waals surface area contributed by atoms with E-state index in [0.29, 0.717) is 29.7 Å². The van der Waals surface area contributed by atoms with E-state index in [1.807, 2.05) is 20.8 Å². The molecule has 3 nitrogen and oxygen atoms in total. The summed E-state index contributed by atoms with van der Waals surface area (Å²) in [5.74, 6) is -0.460. The summed E-state index contributed by atoms with van der Waals surface area (Å²) in [4.78, 5) is 14.4. The van der Waals surface area contributed by atoms with Crippen LogP contribution >= 0.6 is 15.9 Å². The fourth-order valence-corrected chi connectivity index (χ4v) is 2.46. The Labute approximate surface area is 128 Å². The van der Waals surface area contributed by atoms with Gasteiger partial charge in [0.25, 0.3) is 5.91 Å². The number of carbonyl (C=O) groups excluding carboxylic acids is 1. The summed E-state index contributed by atoms with van der Waals surface area (Å²) in [5, 5.41) is 0. The Morgan fingerprint density at radius 3 is 2.60 bits per heavy atom. The Morgan fingerprint density at radius 1 is 1.45 bits per heavy atom. The Bertz CT molecular complexity index is 477. The lowest BCUT2D eigenvalue weighted by Crippen LogP contribution is -2.42. The van der Waals surface area contributed by atoms with Gasteiger partial charge in [0.1, 0.15) is 5.82 Å². The van der Waals surface area contributed by atoms with Crippen molar-refractivity contribution in [2.24, 2.45) is 11.1 Å². The zero-order valence-electron chi connectivity index (χ0n) is 12.2. The number of hydrogen-bond acceptors (Lipinski definition) is 2. The molecule has 0 aromatic heterocycles. The molecule has 1 amide bonds. The number of halogens is 2. The molecule has 0 unspecified atom stereocenters. The van der Waals surface area contributed by atoms with Crippen LogP contribution in [0.5, 0.6) is 0 Å². The minimum atomic E-state index is -0.363. The van der Waals surface area contributed by atoms with Gasteiger partial charge >= 0.3 is 0 Å². The number of amides is 1.